The van der Waals surface area contributed by atoms with Gasteiger partial charge >= 0.3 is 5.69 Å². The number of nitrogens with zero attached hydrogens (tertiary/aromatic N) is 1. The molecule has 1 rings (SSSR count). The summed E-state index contributed by atoms with van der Waals surface area (Å²) in [6, 6.07) is 2.85. The first-order valence-corrected chi connectivity index (χ1v) is 6.49. The molecule has 0 aliphatic heterocycles. The minimum atomic E-state index is -0.556. The molecule has 0 fully saturated rings. The van der Waals surface area contributed by atoms with E-state index >= 15 is 0 Å². The number of allylic oxidation sites excluding steroid dienone is 1. The molecule has 0 amide bonds. The lowest BCUT2D eigenvalue weighted by Gasteiger charge is -2.10. The van der Waals surface area contributed by atoms with Gasteiger partial charge in [0.15, 0.2) is 5.78 Å². The molecule has 0 spiro atoms. The molecular weight excluding hydrogens is 314 g/mol. The summed E-state index contributed by atoms with van der Waals surface area (Å²) in [6.07, 6.45) is 3.18. The van der Waals surface area contributed by atoms with Gasteiger partial charge in [0, 0.05) is 10.5 Å². The first-order valence-electron chi connectivity index (χ1n) is 5.70. The highest BCUT2D eigenvalue weighted by Crippen LogP contribution is 2.35. The van der Waals surface area contributed by atoms with Crippen LogP contribution in [0.15, 0.2) is 29.3 Å². The lowest BCUT2D eigenvalue weighted by Crippen LogP contribution is -2.06. The molecule has 0 atom stereocenters. The maximum Gasteiger partial charge on any atom is 0.312 e. The molecule has 102 valence electrons. The summed E-state index contributed by atoms with van der Waals surface area (Å²) in [5, 5.41) is 11.0. The fourth-order valence-electron chi connectivity index (χ4n) is 1.53. The molecule has 1 aromatic rings. The van der Waals surface area contributed by atoms with Crippen molar-refractivity contribution >= 4 is 27.4 Å². The minimum Gasteiger partial charge on any atom is -0.486 e. The van der Waals surface area contributed by atoms with Crippen molar-refractivity contribution in [3.05, 3.63) is 44.9 Å². The van der Waals surface area contributed by atoms with E-state index < -0.39 is 4.92 Å². The smallest absolute Gasteiger partial charge is 0.312 e. The molecule has 0 radical (unpaired) electrons. The van der Waals surface area contributed by atoms with E-state index in [-0.39, 0.29) is 22.8 Å². The van der Waals surface area contributed by atoms with Crippen LogP contribution < -0.4 is 4.74 Å². The van der Waals surface area contributed by atoms with Gasteiger partial charge in [0.2, 0.25) is 5.75 Å². The number of carbonyl (C=O) groups is 1. The largest absolute Gasteiger partial charge is 0.486 e. The molecule has 6 heteroatoms. The number of unbranched alkanes of at least 4 members (excludes halogenated alkanes) is 1. The number of ketones is 1. The molecule has 0 bridgehead atoms. The third-order valence-corrected chi connectivity index (χ3v) is 2.87. The Balaban J connectivity index is 3.12. The van der Waals surface area contributed by atoms with Gasteiger partial charge in [-0.05, 0) is 25.8 Å². The molecule has 0 saturated carbocycles. The fourth-order valence-corrected chi connectivity index (χ4v) is 1.98. The average Bonchev–Trinajstić information content (AvgIpc) is 2.34. The molecule has 0 saturated heterocycles. The number of rotatable bonds is 7. The number of halogens is 1. The molecule has 0 aliphatic carbocycles. The van der Waals surface area contributed by atoms with Crippen LogP contribution in [0.5, 0.6) is 5.75 Å². The van der Waals surface area contributed by atoms with Crippen molar-refractivity contribution < 1.29 is 14.5 Å². The Bertz CT molecular complexity index is 478. The second kappa shape index (κ2) is 7.04. The lowest BCUT2D eigenvalue weighted by molar-refractivity contribution is -0.386. The van der Waals surface area contributed by atoms with Gasteiger partial charge in [0.25, 0.3) is 0 Å². The molecule has 0 heterocycles. The van der Waals surface area contributed by atoms with E-state index in [9.17, 15) is 14.9 Å². The Labute approximate surface area is 119 Å². The first kappa shape index (κ1) is 15.4. The summed E-state index contributed by atoms with van der Waals surface area (Å²) in [5.41, 5.74) is -0.00199. The van der Waals surface area contributed by atoms with Crippen LogP contribution in [0.2, 0.25) is 0 Å². The predicted octanol–water partition coefficient (Wildman–Crippen LogP) is 3.90. The van der Waals surface area contributed by atoms with Crippen LogP contribution >= 0.6 is 15.9 Å². The summed E-state index contributed by atoms with van der Waals surface area (Å²) in [4.78, 5) is 22.0. The van der Waals surface area contributed by atoms with E-state index in [4.69, 9.17) is 4.74 Å². The van der Waals surface area contributed by atoms with Gasteiger partial charge in [-0.1, -0.05) is 22.0 Å². The number of nitro benzene ring substituents is 1. The van der Waals surface area contributed by atoms with Crippen molar-refractivity contribution in [2.75, 3.05) is 6.61 Å². The van der Waals surface area contributed by atoms with E-state index in [2.05, 4.69) is 22.5 Å². The zero-order chi connectivity index (χ0) is 14.4. The number of nitro groups is 1. The van der Waals surface area contributed by atoms with Crippen LogP contribution in [0.25, 0.3) is 0 Å². The average molecular weight is 328 g/mol. The van der Waals surface area contributed by atoms with Crippen LogP contribution in [0.3, 0.4) is 0 Å². The fraction of sp³-hybridized carbons (Fsp3) is 0.308. The summed E-state index contributed by atoms with van der Waals surface area (Å²) in [6.45, 7) is 5.23. The number of Topliss-reactive ketones (excluding diaryl/α,β-unsaturated/α-hetero) is 1. The third-order valence-electron chi connectivity index (χ3n) is 2.41. The minimum absolute atomic E-state index is 0.0322. The Kier molecular flexibility index (Phi) is 5.69. The van der Waals surface area contributed by atoms with Crippen molar-refractivity contribution in [1.29, 1.82) is 0 Å². The highest BCUT2D eigenvalue weighted by molar-refractivity contribution is 9.10. The summed E-state index contributed by atoms with van der Waals surface area (Å²) >= 11 is 3.15. The van der Waals surface area contributed by atoms with E-state index in [1.807, 2.05) is 0 Å². The summed E-state index contributed by atoms with van der Waals surface area (Å²) < 4.78 is 5.89. The van der Waals surface area contributed by atoms with Crippen molar-refractivity contribution in [3.63, 3.8) is 0 Å². The van der Waals surface area contributed by atoms with Gasteiger partial charge in [-0.15, -0.1) is 6.58 Å². The molecule has 0 aliphatic rings. The summed E-state index contributed by atoms with van der Waals surface area (Å²) in [5.74, 6) is -0.243. The zero-order valence-corrected chi connectivity index (χ0v) is 12.1. The molecule has 0 N–H and O–H groups in total. The van der Waals surface area contributed by atoms with Crippen LogP contribution in [0, 0.1) is 10.1 Å². The van der Waals surface area contributed by atoms with Crippen LogP contribution in [-0.4, -0.2) is 17.3 Å². The Morgan fingerprint density at radius 1 is 1.58 bits per heavy atom. The first-order chi connectivity index (χ1) is 8.97. The predicted molar refractivity (Wildman–Crippen MR) is 75.7 cm³/mol. The van der Waals surface area contributed by atoms with Gasteiger partial charge in [-0.3, -0.25) is 14.9 Å². The van der Waals surface area contributed by atoms with Gasteiger partial charge in [0.1, 0.15) is 0 Å². The monoisotopic (exact) mass is 327 g/mol. The quantitative estimate of drug-likeness (QED) is 0.250. The third kappa shape index (κ3) is 4.17. The zero-order valence-electron chi connectivity index (χ0n) is 10.5. The Morgan fingerprint density at radius 2 is 2.26 bits per heavy atom. The molecule has 0 aromatic heterocycles. The van der Waals surface area contributed by atoms with Gasteiger partial charge in [-0.2, -0.15) is 0 Å². The second-order valence-corrected chi connectivity index (χ2v) is 4.81. The normalized spacial score (nSPS) is 10.0. The van der Waals surface area contributed by atoms with E-state index in [0.29, 0.717) is 17.5 Å². The highest BCUT2D eigenvalue weighted by atomic mass is 79.9. The molecule has 1 aromatic carbocycles. The summed E-state index contributed by atoms with van der Waals surface area (Å²) in [7, 11) is 0. The van der Waals surface area contributed by atoms with Crippen molar-refractivity contribution in [2.24, 2.45) is 0 Å². The van der Waals surface area contributed by atoms with Gasteiger partial charge < -0.3 is 4.74 Å². The number of ether oxygens (including phenoxy) is 1. The number of hydrogen-bond acceptors (Lipinski definition) is 4. The maximum absolute atomic E-state index is 11.5. The number of carbonyl (C=O) groups excluding carboxylic acids is 1. The lowest BCUT2D eigenvalue weighted by atomic mass is 10.1. The second-order valence-electron chi connectivity index (χ2n) is 3.89. The number of benzene rings is 1. The molecule has 0 unspecified atom stereocenters. The maximum atomic E-state index is 11.5. The Morgan fingerprint density at radius 3 is 2.79 bits per heavy atom. The van der Waals surface area contributed by atoms with Crippen LogP contribution in [0.4, 0.5) is 5.69 Å². The van der Waals surface area contributed by atoms with Gasteiger partial charge in [-0.25, -0.2) is 0 Å². The SMILES string of the molecule is C=CCCCOc1c(C(C)=O)cc(Br)cc1[N+](=O)[O-]. The van der Waals surface area contributed by atoms with Crippen molar-refractivity contribution in [3.8, 4) is 5.75 Å². The highest BCUT2D eigenvalue weighted by Gasteiger charge is 2.23. The molecule has 19 heavy (non-hydrogen) atoms. The van der Waals surface area contributed by atoms with E-state index in [1.165, 1.54) is 19.1 Å². The Hall–Kier alpha value is -1.69. The van der Waals surface area contributed by atoms with Crippen molar-refractivity contribution in [2.45, 2.75) is 19.8 Å². The van der Waals surface area contributed by atoms with Crippen LogP contribution in [0.1, 0.15) is 30.1 Å². The van der Waals surface area contributed by atoms with E-state index in [1.54, 1.807) is 6.08 Å². The standard InChI is InChI=1S/C13H14BrNO4/c1-3-4-5-6-19-13-11(9(2)16)7-10(14)8-12(13)15(17)18/h3,7-8H,1,4-6H2,2H3. The topological polar surface area (TPSA) is 69.4 Å². The molecule has 5 nitrogen and oxygen atoms in total. The van der Waals surface area contributed by atoms with E-state index in [0.717, 1.165) is 6.42 Å². The van der Waals surface area contributed by atoms with Gasteiger partial charge in [0.05, 0.1) is 17.1 Å². The molecular formula is C13H14BrNO4. The van der Waals surface area contributed by atoms with Crippen LogP contribution in [-0.2, 0) is 0 Å². The number of hydrogen-bond donors (Lipinski definition) is 0. The van der Waals surface area contributed by atoms with Crippen molar-refractivity contribution in [1.82, 2.24) is 0 Å².